The van der Waals surface area contributed by atoms with E-state index >= 15 is 0 Å². The van der Waals surface area contributed by atoms with Crippen LogP contribution in [0.5, 0.6) is 0 Å². The standard InChI is InChI=1S/C10H15N3S.ClH/c1-2-13(5-9-6-14-7-12-9)10-4-11-3-8(1)10;/h6-8,10-11H,1-5H2;1H/t8-,10+;/m0./s1. The van der Waals surface area contributed by atoms with Gasteiger partial charge in [0.15, 0.2) is 0 Å². The summed E-state index contributed by atoms with van der Waals surface area (Å²) in [5, 5.41) is 5.64. The van der Waals surface area contributed by atoms with Gasteiger partial charge in [0.05, 0.1) is 11.2 Å². The molecule has 0 saturated carbocycles. The van der Waals surface area contributed by atoms with Crippen LogP contribution in [0.25, 0.3) is 0 Å². The third kappa shape index (κ3) is 2.18. The first-order valence-corrected chi connectivity index (χ1v) is 6.19. The van der Waals surface area contributed by atoms with Crippen LogP contribution in [0.2, 0.25) is 0 Å². The molecule has 2 aliphatic rings. The van der Waals surface area contributed by atoms with Gasteiger partial charge in [0, 0.05) is 24.5 Å². The van der Waals surface area contributed by atoms with Gasteiger partial charge in [-0.05, 0) is 25.4 Å². The van der Waals surface area contributed by atoms with E-state index in [0.29, 0.717) is 0 Å². The maximum atomic E-state index is 4.35. The first-order valence-electron chi connectivity index (χ1n) is 5.25. The van der Waals surface area contributed by atoms with E-state index in [1.165, 1.54) is 31.7 Å². The van der Waals surface area contributed by atoms with E-state index < -0.39 is 0 Å². The Bertz CT molecular complexity index is 304. The van der Waals surface area contributed by atoms with E-state index in [1.54, 1.807) is 11.3 Å². The number of fused-ring (bicyclic) bond motifs is 1. The molecule has 2 aliphatic heterocycles. The predicted molar refractivity (Wildman–Crippen MR) is 64.5 cm³/mol. The first kappa shape index (κ1) is 11.3. The zero-order valence-corrected chi connectivity index (χ0v) is 10.2. The summed E-state index contributed by atoms with van der Waals surface area (Å²) in [4.78, 5) is 6.93. The van der Waals surface area contributed by atoms with Gasteiger partial charge in [-0.25, -0.2) is 4.98 Å². The average molecular weight is 246 g/mol. The minimum Gasteiger partial charge on any atom is -0.315 e. The highest BCUT2D eigenvalue weighted by molar-refractivity contribution is 7.07. The lowest BCUT2D eigenvalue weighted by atomic mass is 10.1. The summed E-state index contributed by atoms with van der Waals surface area (Å²) in [6, 6.07) is 0.775. The van der Waals surface area contributed by atoms with Crippen molar-refractivity contribution in [1.82, 2.24) is 15.2 Å². The fraction of sp³-hybridized carbons (Fsp3) is 0.700. The molecule has 0 bridgehead atoms. The highest BCUT2D eigenvalue weighted by Crippen LogP contribution is 2.28. The van der Waals surface area contributed by atoms with Crippen LogP contribution in [0.15, 0.2) is 10.9 Å². The summed E-state index contributed by atoms with van der Waals surface area (Å²) in [6.45, 7) is 4.70. The maximum absolute atomic E-state index is 4.35. The molecule has 15 heavy (non-hydrogen) atoms. The van der Waals surface area contributed by atoms with Crippen LogP contribution >= 0.6 is 23.7 Å². The van der Waals surface area contributed by atoms with Gasteiger partial charge in [-0.15, -0.1) is 23.7 Å². The molecule has 0 aliphatic carbocycles. The third-order valence-electron chi connectivity index (χ3n) is 3.41. The summed E-state index contributed by atoms with van der Waals surface area (Å²) in [5.41, 5.74) is 3.16. The second kappa shape index (κ2) is 4.78. The number of hydrogen-bond donors (Lipinski definition) is 1. The molecule has 84 valence electrons. The molecule has 5 heteroatoms. The molecule has 0 radical (unpaired) electrons. The van der Waals surface area contributed by atoms with Crippen molar-refractivity contribution >= 4 is 23.7 Å². The molecule has 1 aromatic rings. The molecule has 2 fully saturated rings. The van der Waals surface area contributed by atoms with E-state index in [2.05, 4.69) is 20.6 Å². The molecule has 0 spiro atoms. The Morgan fingerprint density at radius 3 is 3.27 bits per heavy atom. The molecule has 0 aromatic carbocycles. The van der Waals surface area contributed by atoms with Crippen molar-refractivity contribution < 1.29 is 0 Å². The second-order valence-electron chi connectivity index (χ2n) is 4.22. The van der Waals surface area contributed by atoms with Crippen molar-refractivity contribution in [2.24, 2.45) is 5.92 Å². The lowest BCUT2D eigenvalue weighted by Gasteiger charge is -2.21. The van der Waals surface area contributed by atoms with E-state index in [-0.39, 0.29) is 12.4 Å². The summed E-state index contributed by atoms with van der Waals surface area (Å²) in [6.07, 6.45) is 1.36. The molecule has 1 N–H and O–H groups in total. The largest absolute Gasteiger partial charge is 0.315 e. The molecular formula is C10H16ClN3S. The summed E-state index contributed by atoms with van der Waals surface area (Å²) >= 11 is 1.69. The third-order valence-corrected chi connectivity index (χ3v) is 4.04. The zero-order valence-electron chi connectivity index (χ0n) is 8.56. The highest BCUT2D eigenvalue weighted by atomic mass is 35.5. The Morgan fingerprint density at radius 1 is 1.53 bits per heavy atom. The van der Waals surface area contributed by atoms with Gasteiger partial charge in [-0.2, -0.15) is 0 Å². The van der Waals surface area contributed by atoms with Crippen LogP contribution in [0, 0.1) is 5.92 Å². The van der Waals surface area contributed by atoms with Crippen LogP contribution in [0.4, 0.5) is 0 Å². The Hall–Kier alpha value is -0.160. The number of thiazole rings is 1. The van der Waals surface area contributed by atoms with E-state index in [9.17, 15) is 0 Å². The molecule has 0 unspecified atom stereocenters. The van der Waals surface area contributed by atoms with Gasteiger partial charge < -0.3 is 5.32 Å². The van der Waals surface area contributed by atoms with Gasteiger partial charge in [0.2, 0.25) is 0 Å². The second-order valence-corrected chi connectivity index (χ2v) is 4.94. The number of aromatic nitrogens is 1. The van der Waals surface area contributed by atoms with Crippen molar-refractivity contribution in [1.29, 1.82) is 0 Å². The van der Waals surface area contributed by atoms with Crippen molar-refractivity contribution in [3.8, 4) is 0 Å². The molecule has 2 saturated heterocycles. The SMILES string of the molecule is Cl.c1nc(CN2CC[C@H]3CNC[C@H]32)cs1. The van der Waals surface area contributed by atoms with Gasteiger partial charge >= 0.3 is 0 Å². The van der Waals surface area contributed by atoms with Crippen molar-refractivity contribution in [2.75, 3.05) is 19.6 Å². The number of likely N-dealkylation sites (tertiary alicyclic amines) is 1. The van der Waals surface area contributed by atoms with Crippen LogP contribution in [0.1, 0.15) is 12.1 Å². The Labute approximate surface area is 100 Å². The van der Waals surface area contributed by atoms with Gasteiger partial charge in [-0.1, -0.05) is 0 Å². The van der Waals surface area contributed by atoms with Crippen molar-refractivity contribution in [2.45, 2.75) is 19.0 Å². The van der Waals surface area contributed by atoms with E-state index in [1.807, 2.05) is 5.51 Å². The van der Waals surface area contributed by atoms with Crippen LogP contribution in [0.3, 0.4) is 0 Å². The van der Waals surface area contributed by atoms with Gasteiger partial charge in [0.1, 0.15) is 0 Å². The summed E-state index contributed by atoms with van der Waals surface area (Å²) in [7, 11) is 0. The fourth-order valence-corrected chi connectivity index (χ4v) is 3.21. The summed E-state index contributed by atoms with van der Waals surface area (Å²) < 4.78 is 0. The minimum absolute atomic E-state index is 0. The van der Waals surface area contributed by atoms with Crippen molar-refractivity contribution in [3.63, 3.8) is 0 Å². The lowest BCUT2D eigenvalue weighted by molar-refractivity contribution is 0.241. The number of rotatable bonds is 2. The Kier molecular flexibility index (Phi) is 3.61. The Morgan fingerprint density at radius 2 is 2.47 bits per heavy atom. The molecule has 0 amide bonds. The number of hydrogen-bond acceptors (Lipinski definition) is 4. The van der Waals surface area contributed by atoms with Crippen LogP contribution in [-0.2, 0) is 6.54 Å². The lowest BCUT2D eigenvalue weighted by Crippen LogP contribution is -2.33. The topological polar surface area (TPSA) is 28.2 Å². The fourth-order valence-electron chi connectivity index (χ4n) is 2.66. The number of nitrogens with one attached hydrogen (secondary N) is 1. The Balaban J connectivity index is 0.000000853. The average Bonchev–Trinajstić information content (AvgIpc) is 2.85. The van der Waals surface area contributed by atoms with Crippen molar-refractivity contribution in [3.05, 3.63) is 16.6 Å². The molecule has 3 nitrogen and oxygen atoms in total. The number of halogens is 1. The van der Waals surface area contributed by atoms with Crippen LogP contribution in [-0.4, -0.2) is 35.6 Å². The zero-order chi connectivity index (χ0) is 9.38. The van der Waals surface area contributed by atoms with E-state index in [4.69, 9.17) is 0 Å². The quantitative estimate of drug-likeness (QED) is 0.853. The minimum atomic E-state index is 0. The van der Waals surface area contributed by atoms with Crippen LogP contribution < -0.4 is 5.32 Å². The van der Waals surface area contributed by atoms with Gasteiger partial charge in [0.25, 0.3) is 0 Å². The van der Waals surface area contributed by atoms with E-state index in [0.717, 1.165) is 18.5 Å². The molecule has 1 aromatic heterocycles. The molecule has 3 rings (SSSR count). The van der Waals surface area contributed by atoms with Gasteiger partial charge in [-0.3, -0.25) is 4.90 Å². The number of nitrogens with zero attached hydrogens (tertiary/aromatic N) is 2. The molecule has 2 atom stereocenters. The normalized spacial score (nSPS) is 30.1. The molecular weight excluding hydrogens is 230 g/mol. The first-order chi connectivity index (χ1) is 6.93. The monoisotopic (exact) mass is 245 g/mol. The molecule has 3 heterocycles. The summed E-state index contributed by atoms with van der Waals surface area (Å²) in [5.74, 6) is 0.897. The maximum Gasteiger partial charge on any atom is 0.0795 e. The predicted octanol–water partition coefficient (Wildman–Crippen LogP) is 1.36. The smallest absolute Gasteiger partial charge is 0.0795 e. The highest BCUT2D eigenvalue weighted by Gasteiger charge is 2.37.